The van der Waals surface area contributed by atoms with Gasteiger partial charge >= 0.3 is 0 Å². The van der Waals surface area contributed by atoms with E-state index >= 15 is 0 Å². The van der Waals surface area contributed by atoms with Gasteiger partial charge in [-0.05, 0) is 31.9 Å². The summed E-state index contributed by atoms with van der Waals surface area (Å²) >= 11 is 1.60. The molecular weight excluding hydrogens is 242 g/mol. The fraction of sp³-hybridized carbons (Fsp3) is 0.636. The van der Waals surface area contributed by atoms with Gasteiger partial charge in [0, 0.05) is 9.75 Å². The fourth-order valence-electron chi connectivity index (χ4n) is 2.20. The maximum atomic E-state index is 11.9. The molecule has 1 fully saturated rings. The van der Waals surface area contributed by atoms with Gasteiger partial charge < -0.3 is 5.73 Å². The van der Waals surface area contributed by atoms with E-state index in [2.05, 4.69) is 0 Å². The molecule has 1 aromatic heterocycles. The zero-order valence-corrected chi connectivity index (χ0v) is 11.0. The van der Waals surface area contributed by atoms with Crippen LogP contribution in [0.15, 0.2) is 12.1 Å². The first kappa shape index (κ1) is 12.1. The van der Waals surface area contributed by atoms with Crippen LogP contribution in [0.25, 0.3) is 0 Å². The molecule has 0 saturated carbocycles. The lowest BCUT2D eigenvalue weighted by Gasteiger charge is -2.26. The van der Waals surface area contributed by atoms with Crippen molar-refractivity contribution in [2.45, 2.75) is 37.5 Å². The SMILES string of the molecule is Cc1ccc(C(N)C2CCCCS2(=O)=O)s1. The van der Waals surface area contributed by atoms with Crippen molar-refractivity contribution in [2.75, 3.05) is 5.75 Å². The average molecular weight is 259 g/mol. The topological polar surface area (TPSA) is 60.2 Å². The van der Waals surface area contributed by atoms with Crippen LogP contribution < -0.4 is 5.73 Å². The highest BCUT2D eigenvalue weighted by molar-refractivity contribution is 7.92. The average Bonchev–Trinajstić information content (AvgIpc) is 2.63. The smallest absolute Gasteiger partial charge is 0.155 e. The van der Waals surface area contributed by atoms with Crippen LogP contribution in [0.4, 0.5) is 0 Å². The van der Waals surface area contributed by atoms with Crippen LogP contribution in [0.3, 0.4) is 0 Å². The number of thiophene rings is 1. The van der Waals surface area contributed by atoms with Crippen molar-refractivity contribution in [2.24, 2.45) is 5.73 Å². The molecule has 2 heterocycles. The fourth-order valence-corrected chi connectivity index (χ4v) is 5.26. The molecular formula is C11H17NO2S2. The minimum absolute atomic E-state index is 0.301. The molecule has 16 heavy (non-hydrogen) atoms. The molecule has 2 atom stereocenters. The van der Waals surface area contributed by atoms with Gasteiger partial charge in [0.1, 0.15) is 0 Å². The van der Waals surface area contributed by atoms with E-state index in [0.717, 1.165) is 17.7 Å². The van der Waals surface area contributed by atoms with Crippen LogP contribution >= 0.6 is 11.3 Å². The summed E-state index contributed by atoms with van der Waals surface area (Å²) in [5.41, 5.74) is 6.09. The Morgan fingerprint density at radius 1 is 1.44 bits per heavy atom. The van der Waals surface area contributed by atoms with Crippen LogP contribution in [0.5, 0.6) is 0 Å². The molecule has 1 saturated heterocycles. The summed E-state index contributed by atoms with van der Waals surface area (Å²) in [5, 5.41) is -0.376. The molecule has 1 aliphatic rings. The van der Waals surface area contributed by atoms with Crippen molar-refractivity contribution in [3.63, 3.8) is 0 Å². The van der Waals surface area contributed by atoms with Gasteiger partial charge in [-0.25, -0.2) is 8.42 Å². The highest BCUT2D eigenvalue weighted by Gasteiger charge is 2.34. The first-order chi connectivity index (χ1) is 7.50. The van der Waals surface area contributed by atoms with Crippen molar-refractivity contribution < 1.29 is 8.42 Å². The minimum Gasteiger partial charge on any atom is -0.322 e. The van der Waals surface area contributed by atoms with E-state index in [4.69, 9.17) is 5.73 Å². The summed E-state index contributed by atoms with van der Waals surface area (Å²) in [6.07, 6.45) is 2.47. The van der Waals surface area contributed by atoms with E-state index in [1.807, 2.05) is 19.1 Å². The minimum atomic E-state index is -2.98. The molecule has 0 aliphatic carbocycles. The largest absolute Gasteiger partial charge is 0.322 e. The number of rotatable bonds is 2. The Labute approximate surface area is 101 Å². The second-order valence-corrected chi connectivity index (χ2v) is 8.03. The van der Waals surface area contributed by atoms with Gasteiger partial charge in [0.15, 0.2) is 9.84 Å². The van der Waals surface area contributed by atoms with Crippen LogP contribution in [0.1, 0.15) is 35.1 Å². The lowest BCUT2D eigenvalue weighted by atomic mass is 10.1. The number of sulfone groups is 1. The van der Waals surface area contributed by atoms with Crippen LogP contribution in [-0.4, -0.2) is 19.4 Å². The molecule has 0 amide bonds. The summed E-state index contributed by atoms with van der Waals surface area (Å²) in [4.78, 5) is 2.17. The predicted molar refractivity (Wildman–Crippen MR) is 67.4 cm³/mol. The van der Waals surface area contributed by atoms with E-state index in [0.29, 0.717) is 12.2 Å². The molecule has 5 heteroatoms. The molecule has 0 bridgehead atoms. The Hall–Kier alpha value is -0.390. The second kappa shape index (κ2) is 4.47. The summed E-state index contributed by atoms with van der Waals surface area (Å²) < 4.78 is 23.9. The quantitative estimate of drug-likeness (QED) is 0.884. The molecule has 3 nitrogen and oxygen atoms in total. The number of nitrogens with two attached hydrogens (primary N) is 1. The number of hydrogen-bond donors (Lipinski definition) is 1. The number of hydrogen-bond acceptors (Lipinski definition) is 4. The van der Waals surface area contributed by atoms with Gasteiger partial charge in [-0.3, -0.25) is 0 Å². The molecule has 0 spiro atoms. The predicted octanol–water partition coefficient (Wildman–Crippen LogP) is 2.02. The zero-order valence-electron chi connectivity index (χ0n) is 9.35. The van der Waals surface area contributed by atoms with E-state index in [1.165, 1.54) is 4.88 Å². The highest BCUT2D eigenvalue weighted by Crippen LogP contribution is 2.32. The highest BCUT2D eigenvalue weighted by atomic mass is 32.2. The Morgan fingerprint density at radius 2 is 2.19 bits per heavy atom. The first-order valence-electron chi connectivity index (χ1n) is 5.54. The van der Waals surface area contributed by atoms with Crippen molar-refractivity contribution in [3.8, 4) is 0 Å². The van der Waals surface area contributed by atoms with E-state index < -0.39 is 9.84 Å². The standard InChI is InChI=1S/C11H17NO2S2/c1-8-5-6-9(15-8)11(12)10-4-2-3-7-16(10,13)14/h5-6,10-11H,2-4,7,12H2,1H3. The summed E-state index contributed by atoms with van der Waals surface area (Å²) in [6, 6.07) is 3.60. The third-order valence-corrected chi connectivity index (χ3v) is 6.53. The van der Waals surface area contributed by atoms with Crippen molar-refractivity contribution in [1.82, 2.24) is 0 Å². The zero-order chi connectivity index (χ0) is 11.8. The van der Waals surface area contributed by atoms with E-state index in [1.54, 1.807) is 11.3 Å². The monoisotopic (exact) mass is 259 g/mol. The molecule has 1 aromatic rings. The molecule has 2 rings (SSSR count). The lowest BCUT2D eigenvalue weighted by Crippen LogP contribution is -2.37. The summed E-state index contributed by atoms with van der Waals surface area (Å²) in [6.45, 7) is 2.01. The van der Waals surface area contributed by atoms with Gasteiger partial charge in [0.2, 0.25) is 0 Å². The van der Waals surface area contributed by atoms with Crippen molar-refractivity contribution in [1.29, 1.82) is 0 Å². The van der Waals surface area contributed by atoms with Gasteiger partial charge in [-0.1, -0.05) is 6.42 Å². The molecule has 0 aromatic carbocycles. The third kappa shape index (κ3) is 2.31. The van der Waals surface area contributed by atoms with Crippen molar-refractivity contribution >= 4 is 21.2 Å². The molecule has 90 valence electrons. The Morgan fingerprint density at radius 3 is 2.75 bits per heavy atom. The summed E-state index contributed by atoms with van der Waals surface area (Å²) in [7, 11) is -2.98. The maximum absolute atomic E-state index is 11.9. The molecule has 0 radical (unpaired) electrons. The van der Waals surface area contributed by atoms with Crippen LogP contribution in [0.2, 0.25) is 0 Å². The van der Waals surface area contributed by atoms with Crippen LogP contribution in [-0.2, 0) is 9.84 Å². The Bertz CT molecular complexity index is 464. The maximum Gasteiger partial charge on any atom is 0.155 e. The molecule has 2 N–H and O–H groups in total. The van der Waals surface area contributed by atoms with Gasteiger partial charge in [0.25, 0.3) is 0 Å². The van der Waals surface area contributed by atoms with Gasteiger partial charge in [-0.15, -0.1) is 11.3 Å². The summed E-state index contributed by atoms with van der Waals surface area (Å²) in [5.74, 6) is 0.301. The Balaban J connectivity index is 2.24. The van der Waals surface area contributed by atoms with E-state index in [-0.39, 0.29) is 11.3 Å². The van der Waals surface area contributed by atoms with E-state index in [9.17, 15) is 8.42 Å². The normalized spacial score (nSPS) is 26.5. The third-order valence-electron chi connectivity index (χ3n) is 3.12. The Kier molecular flexibility index (Phi) is 3.37. The first-order valence-corrected chi connectivity index (χ1v) is 8.07. The second-order valence-electron chi connectivity index (χ2n) is 4.38. The lowest BCUT2D eigenvalue weighted by molar-refractivity contribution is 0.507. The van der Waals surface area contributed by atoms with Crippen LogP contribution in [0, 0.1) is 6.92 Å². The molecule has 2 unspecified atom stereocenters. The molecule has 1 aliphatic heterocycles. The van der Waals surface area contributed by atoms with Crippen molar-refractivity contribution in [3.05, 3.63) is 21.9 Å². The van der Waals surface area contributed by atoms with Gasteiger partial charge in [-0.2, -0.15) is 0 Å². The number of aryl methyl sites for hydroxylation is 1. The van der Waals surface area contributed by atoms with Gasteiger partial charge in [0.05, 0.1) is 17.0 Å².